The van der Waals surface area contributed by atoms with Crippen molar-refractivity contribution in [2.24, 2.45) is 0 Å². The third kappa shape index (κ3) is 17.1. The summed E-state index contributed by atoms with van der Waals surface area (Å²) >= 11 is 0. The van der Waals surface area contributed by atoms with Crippen molar-refractivity contribution in [2.45, 2.75) is 26.7 Å². The van der Waals surface area contributed by atoms with Crippen LogP contribution < -0.4 is 10.9 Å². The van der Waals surface area contributed by atoms with E-state index < -0.39 is 11.9 Å². The molecule has 0 unspecified atom stereocenters. The van der Waals surface area contributed by atoms with E-state index >= 15 is 0 Å². The van der Waals surface area contributed by atoms with Crippen molar-refractivity contribution in [1.82, 2.24) is 10.9 Å². The molecule has 0 spiro atoms. The monoisotopic (exact) mass is 206 g/mol. The summed E-state index contributed by atoms with van der Waals surface area (Å²) < 4.78 is 0. The summed E-state index contributed by atoms with van der Waals surface area (Å²) in [7, 11) is 0. The maximum Gasteiger partial charge on any atom is 0.414 e. The van der Waals surface area contributed by atoms with Gasteiger partial charge in [0.15, 0.2) is 0 Å². The molecular formula is C8H18N2O4. The van der Waals surface area contributed by atoms with Crippen LogP contribution in [0.3, 0.4) is 0 Å². The topological polar surface area (TPSA) is 98.7 Å². The van der Waals surface area contributed by atoms with Crippen LogP contribution in [0.4, 0.5) is 0 Å². The number of carbonyl (C=O) groups is 2. The highest BCUT2D eigenvalue weighted by atomic mass is 16.4. The summed E-state index contributed by atoms with van der Waals surface area (Å²) in [4.78, 5) is 18.2. The largest absolute Gasteiger partial charge is 0.473 e. The number of hydrogen-bond acceptors (Lipinski definition) is 4. The highest BCUT2D eigenvalue weighted by Gasteiger charge is 2.04. The lowest BCUT2D eigenvalue weighted by atomic mass is 10.5. The third-order valence-corrected chi connectivity index (χ3v) is 1.06. The molecule has 0 saturated carbocycles. The molecule has 0 heterocycles. The Bertz CT molecular complexity index is 143. The van der Waals surface area contributed by atoms with Crippen LogP contribution in [0.15, 0.2) is 0 Å². The van der Waals surface area contributed by atoms with E-state index in [9.17, 15) is 0 Å². The second kappa shape index (κ2) is 11.9. The van der Waals surface area contributed by atoms with Crippen LogP contribution in [0, 0.1) is 0 Å². The molecule has 0 aliphatic heterocycles. The van der Waals surface area contributed by atoms with Crippen LogP contribution in [-0.2, 0) is 9.59 Å². The van der Waals surface area contributed by atoms with Crippen LogP contribution in [-0.4, -0.2) is 35.2 Å². The molecule has 0 atom stereocenters. The molecule has 4 N–H and O–H groups in total. The van der Waals surface area contributed by atoms with E-state index in [4.69, 9.17) is 19.8 Å². The molecule has 0 amide bonds. The first-order chi connectivity index (χ1) is 6.56. The molecule has 0 radical (unpaired) electrons. The van der Waals surface area contributed by atoms with Gasteiger partial charge >= 0.3 is 11.9 Å². The first-order valence-electron chi connectivity index (χ1n) is 4.48. The number of rotatable bonds is 5. The summed E-state index contributed by atoms with van der Waals surface area (Å²) in [5.41, 5.74) is 6.17. The summed E-state index contributed by atoms with van der Waals surface area (Å²) in [5, 5.41) is 14.8. The fourth-order valence-electron chi connectivity index (χ4n) is 0.427. The number of hydrazine groups is 1. The van der Waals surface area contributed by atoms with Gasteiger partial charge < -0.3 is 10.2 Å². The minimum Gasteiger partial charge on any atom is -0.473 e. The van der Waals surface area contributed by atoms with Gasteiger partial charge in [-0.1, -0.05) is 13.8 Å². The van der Waals surface area contributed by atoms with Crippen molar-refractivity contribution in [2.75, 3.05) is 13.1 Å². The van der Waals surface area contributed by atoms with Gasteiger partial charge in [-0.3, -0.25) is 10.9 Å². The molecule has 84 valence electrons. The lowest BCUT2D eigenvalue weighted by Crippen LogP contribution is -2.32. The zero-order valence-electron chi connectivity index (χ0n) is 8.54. The lowest BCUT2D eigenvalue weighted by molar-refractivity contribution is -0.159. The molecule has 0 bridgehead atoms. The molecule has 0 aromatic carbocycles. The minimum absolute atomic E-state index is 1.07. The highest BCUT2D eigenvalue weighted by Crippen LogP contribution is 1.68. The Morgan fingerprint density at radius 2 is 1.21 bits per heavy atom. The number of aliphatic carboxylic acids is 2. The summed E-state index contributed by atoms with van der Waals surface area (Å²) in [5.74, 6) is -3.65. The van der Waals surface area contributed by atoms with Crippen LogP contribution in [0.2, 0.25) is 0 Å². The Balaban J connectivity index is 0. The van der Waals surface area contributed by atoms with Gasteiger partial charge in [0.1, 0.15) is 0 Å². The van der Waals surface area contributed by atoms with E-state index in [0.717, 1.165) is 13.1 Å². The zero-order valence-corrected chi connectivity index (χ0v) is 8.54. The maximum atomic E-state index is 9.10. The second-order valence-corrected chi connectivity index (χ2v) is 2.46. The minimum atomic E-state index is -1.82. The Kier molecular flexibility index (Phi) is 13.0. The number of carboxylic acids is 2. The first kappa shape index (κ1) is 15.3. The highest BCUT2D eigenvalue weighted by molar-refractivity contribution is 6.27. The lowest BCUT2D eigenvalue weighted by Gasteiger charge is -2.01. The SMILES string of the molecule is CCCNNCCC.O=C(O)C(=O)O. The van der Waals surface area contributed by atoms with E-state index in [1.54, 1.807) is 0 Å². The number of carboxylic acid groups (broad SMARTS) is 2. The van der Waals surface area contributed by atoms with Gasteiger partial charge in [0.2, 0.25) is 0 Å². The fourth-order valence-corrected chi connectivity index (χ4v) is 0.427. The smallest absolute Gasteiger partial charge is 0.414 e. The Hall–Kier alpha value is -1.14. The van der Waals surface area contributed by atoms with Gasteiger partial charge in [0, 0.05) is 13.1 Å². The number of hydrogen-bond donors (Lipinski definition) is 4. The van der Waals surface area contributed by atoms with E-state index in [1.807, 2.05) is 0 Å². The molecule has 0 aromatic rings. The Morgan fingerprint density at radius 1 is 0.929 bits per heavy atom. The molecule has 0 aromatic heterocycles. The molecule has 0 saturated heterocycles. The van der Waals surface area contributed by atoms with E-state index in [-0.39, 0.29) is 0 Å². The van der Waals surface area contributed by atoms with E-state index in [0.29, 0.717) is 0 Å². The molecule has 0 aliphatic rings. The molecule has 6 nitrogen and oxygen atoms in total. The van der Waals surface area contributed by atoms with Gasteiger partial charge in [0.25, 0.3) is 0 Å². The van der Waals surface area contributed by atoms with Crippen molar-refractivity contribution in [1.29, 1.82) is 0 Å². The van der Waals surface area contributed by atoms with Crippen molar-refractivity contribution < 1.29 is 19.8 Å². The van der Waals surface area contributed by atoms with Crippen LogP contribution in [0.5, 0.6) is 0 Å². The number of nitrogens with one attached hydrogen (secondary N) is 2. The summed E-state index contributed by atoms with van der Waals surface area (Å²) in [6.45, 7) is 6.45. The van der Waals surface area contributed by atoms with E-state index in [2.05, 4.69) is 24.7 Å². The van der Waals surface area contributed by atoms with Crippen molar-refractivity contribution in [3.05, 3.63) is 0 Å². The van der Waals surface area contributed by atoms with Crippen LogP contribution >= 0.6 is 0 Å². The quantitative estimate of drug-likeness (QED) is 0.288. The van der Waals surface area contributed by atoms with Crippen LogP contribution in [0.1, 0.15) is 26.7 Å². The molecular weight excluding hydrogens is 188 g/mol. The molecule has 6 heteroatoms. The first-order valence-corrected chi connectivity index (χ1v) is 4.48. The van der Waals surface area contributed by atoms with Crippen molar-refractivity contribution in [3.8, 4) is 0 Å². The zero-order chi connectivity index (χ0) is 11.4. The fraction of sp³-hybridized carbons (Fsp3) is 0.750. The average molecular weight is 206 g/mol. The molecule has 0 fully saturated rings. The van der Waals surface area contributed by atoms with Gasteiger partial charge in [0.05, 0.1) is 0 Å². The molecule has 0 rings (SSSR count). The average Bonchev–Trinajstić information content (AvgIpc) is 2.13. The third-order valence-electron chi connectivity index (χ3n) is 1.06. The van der Waals surface area contributed by atoms with Crippen molar-refractivity contribution in [3.63, 3.8) is 0 Å². The van der Waals surface area contributed by atoms with E-state index in [1.165, 1.54) is 12.8 Å². The maximum absolute atomic E-state index is 9.10. The summed E-state index contributed by atoms with van der Waals surface area (Å²) in [6.07, 6.45) is 2.38. The predicted molar refractivity (Wildman–Crippen MR) is 51.9 cm³/mol. The molecule has 0 aliphatic carbocycles. The van der Waals surface area contributed by atoms with Crippen molar-refractivity contribution >= 4 is 11.9 Å². The van der Waals surface area contributed by atoms with Crippen LogP contribution in [0.25, 0.3) is 0 Å². The summed E-state index contributed by atoms with van der Waals surface area (Å²) in [6, 6.07) is 0. The Morgan fingerprint density at radius 3 is 1.36 bits per heavy atom. The van der Waals surface area contributed by atoms with Gasteiger partial charge in [-0.25, -0.2) is 9.59 Å². The van der Waals surface area contributed by atoms with Gasteiger partial charge in [-0.2, -0.15) is 0 Å². The second-order valence-electron chi connectivity index (χ2n) is 2.46. The van der Waals surface area contributed by atoms with Gasteiger partial charge in [-0.05, 0) is 12.8 Å². The Labute approximate surface area is 83.3 Å². The normalized spacial score (nSPS) is 8.71. The predicted octanol–water partition coefficient (Wildman–Crippen LogP) is 0.0562. The standard InChI is InChI=1S/C6H16N2.C2H2O4/c1-3-5-7-8-6-4-2;3-1(4)2(5)6/h7-8H,3-6H2,1-2H3;(H,3,4)(H,5,6). The molecule has 14 heavy (non-hydrogen) atoms. The van der Waals surface area contributed by atoms with Gasteiger partial charge in [-0.15, -0.1) is 0 Å².